The number of nitrogens with zero attached hydrogens (tertiary/aromatic N) is 3. The van der Waals surface area contributed by atoms with Crippen LogP contribution in [0.5, 0.6) is 5.75 Å². The molecule has 0 saturated carbocycles. The van der Waals surface area contributed by atoms with E-state index in [2.05, 4.69) is 14.9 Å². The van der Waals surface area contributed by atoms with Crippen LogP contribution in [0.4, 0.5) is 19.5 Å². The fraction of sp³-hybridized carbons (Fsp3) is 0.222. The summed E-state index contributed by atoms with van der Waals surface area (Å²) in [5, 5.41) is 0.571. The number of anilines is 1. The van der Waals surface area contributed by atoms with Crippen molar-refractivity contribution in [3.63, 3.8) is 0 Å². The monoisotopic (exact) mass is 373 g/mol. The number of thiazole rings is 1. The average Bonchev–Trinajstić information content (AvgIpc) is 3.04. The van der Waals surface area contributed by atoms with Gasteiger partial charge >= 0.3 is 7.47 Å². The fourth-order valence-corrected chi connectivity index (χ4v) is 3.46. The van der Waals surface area contributed by atoms with Crippen molar-refractivity contribution in [1.29, 1.82) is 0 Å². The number of hydrogen-bond acceptors (Lipinski definition) is 5. The summed E-state index contributed by atoms with van der Waals surface area (Å²) in [5.41, 5.74) is 2.19. The molecule has 134 valence electrons. The lowest BCUT2D eigenvalue weighted by Crippen LogP contribution is -2.22. The smallest absolute Gasteiger partial charge is 0.505 e. The molecule has 0 spiro atoms. The second kappa shape index (κ2) is 8.27. The first-order valence-electron chi connectivity index (χ1n) is 8.34. The molecule has 3 aromatic rings. The molecule has 0 unspecified atom stereocenters. The molecule has 1 aromatic heterocycles. The van der Waals surface area contributed by atoms with E-state index in [0.717, 1.165) is 29.0 Å². The quantitative estimate of drug-likeness (QED) is 0.422. The Kier molecular flexibility index (Phi) is 5.83. The Bertz CT molecular complexity index is 879. The van der Waals surface area contributed by atoms with Gasteiger partial charge in [0.1, 0.15) is 5.75 Å². The van der Waals surface area contributed by atoms with Crippen molar-refractivity contribution in [1.82, 2.24) is 4.98 Å². The zero-order valence-corrected chi connectivity index (χ0v) is 15.3. The van der Waals surface area contributed by atoms with Gasteiger partial charge in [-0.15, -0.1) is 0 Å². The summed E-state index contributed by atoms with van der Waals surface area (Å²) in [4.78, 5) is 10.8. The van der Waals surface area contributed by atoms with E-state index in [4.69, 9.17) is 4.65 Å². The Morgan fingerprint density at radius 2 is 1.96 bits per heavy atom. The molecule has 4 nitrogen and oxygen atoms in total. The predicted molar refractivity (Wildman–Crippen MR) is 105 cm³/mol. The van der Waals surface area contributed by atoms with Crippen molar-refractivity contribution < 1.29 is 13.3 Å². The summed E-state index contributed by atoms with van der Waals surface area (Å²) in [5.74, 6) is 0.106. The van der Waals surface area contributed by atoms with Gasteiger partial charge in [-0.3, -0.25) is 0 Å². The van der Waals surface area contributed by atoms with E-state index >= 15 is 0 Å². The Morgan fingerprint density at radius 3 is 2.65 bits per heavy atom. The topological polar surface area (TPSA) is 37.7 Å². The third kappa shape index (κ3) is 4.19. The molecule has 0 bridgehead atoms. The molecule has 8 heteroatoms. The number of fused-ring (bicyclic) bond motifs is 1. The largest absolute Gasteiger partial charge is 0.796 e. The molecular formula is C18H18BF2N3OS. The minimum Gasteiger partial charge on any atom is -0.505 e. The molecule has 0 aliphatic heterocycles. The Labute approximate surface area is 155 Å². The summed E-state index contributed by atoms with van der Waals surface area (Å²) < 4.78 is 31.4. The molecule has 0 saturated heterocycles. The fourth-order valence-electron chi connectivity index (χ4n) is 2.65. The Morgan fingerprint density at radius 1 is 1.19 bits per heavy atom. The number of aliphatic imine (C=N–C) groups is 1. The molecule has 0 atom stereocenters. The first-order valence-corrected chi connectivity index (χ1v) is 9.15. The lowest BCUT2D eigenvalue weighted by molar-refractivity contribution is 0.425. The minimum atomic E-state index is -2.89. The van der Waals surface area contributed by atoms with E-state index < -0.39 is 7.47 Å². The summed E-state index contributed by atoms with van der Waals surface area (Å²) in [6.45, 7) is 5.59. The van der Waals surface area contributed by atoms with Gasteiger partial charge in [-0.05, 0) is 38.1 Å². The lowest BCUT2D eigenvalue weighted by atomic mass is 10.1. The van der Waals surface area contributed by atoms with Crippen LogP contribution in [-0.2, 0) is 0 Å². The SMILES string of the molecule is CCN(CC)c1ccc(/C=N/c2nc3ccccc3s2)c(OB(F)F)c1. The summed E-state index contributed by atoms with van der Waals surface area (Å²) in [7, 11) is -2.89. The number of para-hydroxylation sites is 1. The van der Waals surface area contributed by atoms with Gasteiger partial charge in [0.25, 0.3) is 0 Å². The van der Waals surface area contributed by atoms with Gasteiger partial charge in [0.2, 0.25) is 5.13 Å². The molecule has 0 N–H and O–H groups in total. The molecule has 2 aromatic carbocycles. The molecular weight excluding hydrogens is 355 g/mol. The van der Waals surface area contributed by atoms with Crippen molar-refractivity contribution in [3.05, 3.63) is 48.0 Å². The second-order valence-corrected chi connectivity index (χ2v) is 6.50. The van der Waals surface area contributed by atoms with Gasteiger partial charge in [0.15, 0.2) is 0 Å². The van der Waals surface area contributed by atoms with Crippen LogP contribution >= 0.6 is 11.3 Å². The zero-order chi connectivity index (χ0) is 18.5. The average molecular weight is 373 g/mol. The molecule has 26 heavy (non-hydrogen) atoms. The number of aromatic nitrogens is 1. The van der Waals surface area contributed by atoms with E-state index in [-0.39, 0.29) is 5.75 Å². The van der Waals surface area contributed by atoms with Crippen molar-refractivity contribution in [2.24, 2.45) is 4.99 Å². The summed E-state index contributed by atoms with van der Waals surface area (Å²) in [6, 6.07) is 13.0. The third-order valence-corrected chi connectivity index (χ3v) is 4.88. The summed E-state index contributed by atoms with van der Waals surface area (Å²) in [6.07, 6.45) is 1.52. The Balaban J connectivity index is 1.91. The van der Waals surface area contributed by atoms with Crippen molar-refractivity contribution in [2.45, 2.75) is 13.8 Å². The van der Waals surface area contributed by atoms with E-state index in [1.165, 1.54) is 17.6 Å². The maximum absolute atomic E-state index is 12.8. The number of hydrogen-bond donors (Lipinski definition) is 0. The number of halogens is 2. The van der Waals surface area contributed by atoms with Crippen LogP contribution in [0.25, 0.3) is 10.2 Å². The normalized spacial score (nSPS) is 11.2. The molecule has 0 fully saturated rings. The number of benzene rings is 2. The predicted octanol–water partition coefficient (Wildman–Crippen LogP) is 5.20. The summed E-state index contributed by atoms with van der Waals surface area (Å²) >= 11 is 1.45. The van der Waals surface area contributed by atoms with Gasteiger partial charge in [-0.2, -0.15) is 0 Å². The maximum Gasteiger partial charge on any atom is 0.796 e. The van der Waals surface area contributed by atoms with E-state index in [0.29, 0.717) is 10.7 Å². The molecule has 1 heterocycles. The van der Waals surface area contributed by atoms with Crippen LogP contribution in [0.15, 0.2) is 47.5 Å². The van der Waals surface area contributed by atoms with Crippen LogP contribution in [0, 0.1) is 0 Å². The van der Waals surface area contributed by atoms with E-state index in [9.17, 15) is 8.63 Å². The van der Waals surface area contributed by atoms with Crippen LogP contribution in [0.1, 0.15) is 19.4 Å². The maximum atomic E-state index is 12.8. The van der Waals surface area contributed by atoms with Gasteiger partial charge < -0.3 is 9.55 Å². The van der Waals surface area contributed by atoms with Crippen LogP contribution in [-0.4, -0.2) is 31.8 Å². The second-order valence-electron chi connectivity index (χ2n) is 5.50. The highest BCUT2D eigenvalue weighted by Crippen LogP contribution is 2.29. The van der Waals surface area contributed by atoms with E-state index in [1.807, 2.05) is 44.2 Å². The standard InChI is InChI=1S/C18H18BF2N3OS/c1-3-24(4-2)14-10-9-13(16(11-14)25-19(20)21)12-22-18-23-15-7-5-6-8-17(15)26-18/h5-12H,3-4H2,1-2H3/b22-12+. The van der Waals surface area contributed by atoms with Gasteiger partial charge in [-0.25, -0.2) is 18.6 Å². The Hall–Kier alpha value is -2.48. The first kappa shape index (κ1) is 18.3. The molecule has 3 rings (SSSR count). The first-order chi connectivity index (χ1) is 12.6. The van der Waals surface area contributed by atoms with Crippen molar-refractivity contribution in [2.75, 3.05) is 18.0 Å². The van der Waals surface area contributed by atoms with Crippen LogP contribution < -0.4 is 9.55 Å². The van der Waals surface area contributed by atoms with E-state index in [1.54, 1.807) is 12.1 Å². The van der Waals surface area contributed by atoms with Gasteiger partial charge in [0, 0.05) is 36.6 Å². The third-order valence-electron chi connectivity index (χ3n) is 3.94. The molecule has 0 aliphatic carbocycles. The zero-order valence-electron chi connectivity index (χ0n) is 14.5. The molecule has 0 amide bonds. The van der Waals surface area contributed by atoms with Crippen LogP contribution in [0.3, 0.4) is 0 Å². The van der Waals surface area contributed by atoms with Crippen molar-refractivity contribution >= 4 is 46.1 Å². The van der Waals surface area contributed by atoms with Crippen LogP contribution in [0.2, 0.25) is 0 Å². The molecule has 0 radical (unpaired) electrons. The molecule has 0 aliphatic rings. The van der Waals surface area contributed by atoms with Gasteiger partial charge in [-0.1, -0.05) is 23.5 Å². The minimum absolute atomic E-state index is 0.106. The number of rotatable bonds is 7. The lowest BCUT2D eigenvalue weighted by Gasteiger charge is -2.22. The highest BCUT2D eigenvalue weighted by molar-refractivity contribution is 7.22. The highest BCUT2D eigenvalue weighted by Gasteiger charge is 2.20. The van der Waals surface area contributed by atoms with Gasteiger partial charge in [0.05, 0.1) is 10.2 Å². The van der Waals surface area contributed by atoms with Crippen molar-refractivity contribution in [3.8, 4) is 5.75 Å². The highest BCUT2D eigenvalue weighted by atomic mass is 32.1.